The van der Waals surface area contributed by atoms with Gasteiger partial charge in [0.2, 0.25) is 0 Å². The molecule has 1 N–H and O–H groups in total. The number of hydrogen-bond acceptors (Lipinski definition) is 5. The monoisotopic (exact) mass is 332 g/mol. The molecule has 0 spiro atoms. The smallest absolute Gasteiger partial charge is 0.308 e. The standard InChI is InChI=1S/C13H20N2O4S2/c1-3-14-6-7-15(9-10(14)2)21(18,19)13-5-4-11(20-13)8-12(16)17/h4-5,10H,3,6-9H2,1-2H3,(H,16,17). The van der Waals surface area contributed by atoms with Gasteiger partial charge in [0, 0.05) is 30.6 Å². The fourth-order valence-electron chi connectivity index (χ4n) is 2.52. The van der Waals surface area contributed by atoms with Crippen molar-refractivity contribution < 1.29 is 18.3 Å². The van der Waals surface area contributed by atoms with Crippen LogP contribution in [0.4, 0.5) is 0 Å². The Kier molecular flexibility index (Phi) is 5.03. The number of nitrogens with zero attached hydrogens (tertiary/aromatic N) is 2. The highest BCUT2D eigenvalue weighted by atomic mass is 32.2. The van der Waals surface area contributed by atoms with Crippen molar-refractivity contribution in [3.05, 3.63) is 17.0 Å². The summed E-state index contributed by atoms with van der Waals surface area (Å²) in [6.45, 7) is 6.68. The second-order valence-electron chi connectivity index (χ2n) is 5.13. The Hall–Kier alpha value is -0.960. The zero-order chi connectivity index (χ0) is 15.6. The summed E-state index contributed by atoms with van der Waals surface area (Å²) < 4.78 is 26.9. The molecule has 2 heterocycles. The minimum Gasteiger partial charge on any atom is -0.481 e. The van der Waals surface area contributed by atoms with Gasteiger partial charge in [0.25, 0.3) is 10.0 Å². The maximum Gasteiger partial charge on any atom is 0.308 e. The number of carboxylic acid groups (broad SMARTS) is 1. The molecule has 0 aliphatic carbocycles. The highest BCUT2D eigenvalue weighted by molar-refractivity contribution is 7.91. The highest BCUT2D eigenvalue weighted by Gasteiger charge is 2.32. The van der Waals surface area contributed by atoms with Gasteiger partial charge in [-0.1, -0.05) is 6.92 Å². The van der Waals surface area contributed by atoms with Crippen LogP contribution in [0.1, 0.15) is 18.7 Å². The summed E-state index contributed by atoms with van der Waals surface area (Å²) >= 11 is 1.05. The van der Waals surface area contributed by atoms with Crippen molar-refractivity contribution in [2.24, 2.45) is 0 Å². The van der Waals surface area contributed by atoms with Crippen LogP contribution in [0.25, 0.3) is 0 Å². The molecule has 0 aromatic carbocycles. The molecule has 8 heteroatoms. The summed E-state index contributed by atoms with van der Waals surface area (Å²) in [5, 5.41) is 8.76. The van der Waals surface area contributed by atoms with E-state index < -0.39 is 16.0 Å². The van der Waals surface area contributed by atoms with Gasteiger partial charge in [0.05, 0.1) is 6.42 Å². The lowest BCUT2D eigenvalue weighted by molar-refractivity contribution is -0.136. The van der Waals surface area contributed by atoms with Crippen molar-refractivity contribution in [2.75, 3.05) is 26.2 Å². The van der Waals surface area contributed by atoms with Crippen LogP contribution < -0.4 is 0 Å². The topological polar surface area (TPSA) is 77.9 Å². The minimum atomic E-state index is -3.51. The molecule has 21 heavy (non-hydrogen) atoms. The maximum atomic E-state index is 12.6. The van der Waals surface area contributed by atoms with Crippen molar-refractivity contribution in [3.8, 4) is 0 Å². The lowest BCUT2D eigenvalue weighted by Crippen LogP contribution is -2.53. The highest BCUT2D eigenvalue weighted by Crippen LogP contribution is 2.27. The van der Waals surface area contributed by atoms with Crippen LogP contribution in [0.15, 0.2) is 16.3 Å². The molecule has 1 saturated heterocycles. The third-order valence-electron chi connectivity index (χ3n) is 3.69. The first-order valence-electron chi connectivity index (χ1n) is 6.89. The Morgan fingerprint density at radius 2 is 2.14 bits per heavy atom. The first-order chi connectivity index (χ1) is 9.84. The largest absolute Gasteiger partial charge is 0.481 e. The van der Waals surface area contributed by atoms with E-state index in [2.05, 4.69) is 11.8 Å². The normalized spacial score (nSPS) is 21.5. The fraction of sp³-hybridized carbons (Fsp3) is 0.615. The molecule has 1 fully saturated rings. The number of thiophene rings is 1. The Morgan fingerprint density at radius 1 is 1.43 bits per heavy atom. The molecule has 0 saturated carbocycles. The van der Waals surface area contributed by atoms with Crippen molar-refractivity contribution in [1.29, 1.82) is 0 Å². The summed E-state index contributed by atoms with van der Waals surface area (Å²) in [4.78, 5) is 13.5. The first kappa shape index (κ1) is 16.4. The lowest BCUT2D eigenvalue weighted by Gasteiger charge is -2.38. The molecule has 1 aliphatic rings. The van der Waals surface area contributed by atoms with Gasteiger partial charge in [-0.05, 0) is 25.6 Å². The Morgan fingerprint density at radius 3 is 2.71 bits per heavy atom. The van der Waals surface area contributed by atoms with Crippen molar-refractivity contribution in [1.82, 2.24) is 9.21 Å². The van der Waals surface area contributed by atoms with E-state index in [4.69, 9.17) is 5.11 Å². The Balaban J connectivity index is 2.15. The molecule has 118 valence electrons. The first-order valence-corrected chi connectivity index (χ1v) is 9.15. The van der Waals surface area contributed by atoms with Crippen molar-refractivity contribution >= 4 is 27.3 Å². The Labute approximate surface area is 129 Å². The van der Waals surface area contributed by atoms with E-state index in [0.29, 0.717) is 18.0 Å². The molecular weight excluding hydrogens is 312 g/mol. The van der Waals surface area contributed by atoms with Gasteiger partial charge in [0.15, 0.2) is 0 Å². The molecular formula is C13H20N2O4S2. The molecule has 6 nitrogen and oxygen atoms in total. The second kappa shape index (κ2) is 6.43. The third-order valence-corrected chi connectivity index (χ3v) is 7.11. The van der Waals surface area contributed by atoms with Gasteiger partial charge in [-0.3, -0.25) is 9.69 Å². The number of rotatable bonds is 5. The minimum absolute atomic E-state index is 0.139. The summed E-state index contributed by atoms with van der Waals surface area (Å²) in [5.41, 5.74) is 0. The lowest BCUT2D eigenvalue weighted by atomic mass is 10.2. The molecule has 2 rings (SSSR count). The third kappa shape index (κ3) is 3.63. The number of piperazine rings is 1. The zero-order valence-corrected chi connectivity index (χ0v) is 13.8. The van der Waals surface area contributed by atoms with E-state index in [1.807, 2.05) is 6.92 Å². The van der Waals surface area contributed by atoms with E-state index >= 15 is 0 Å². The predicted molar refractivity (Wildman–Crippen MR) is 81.1 cm³/mol. The second-order valence-corrected chi connectivity index (χ2v) is 8.47. The molecule has 0 bridgehead atoms. The molecule has 0 radical (unpaired) electrons. The predicted octanol–water partition coefficient (Wildman–Crippen LogP) is 1.09. The molecule has 1 atom stereocenters. The van der Waals surface area contributed by atoms with Gasteiger partial charge in [-0.15, -0.1) is 11.3 Å². The molecule has 1 aromatic heterocycles. The summed E-state index contributed by atoms with van der Waals surface area (Å²) in [6.07, 6.45) is -0.139. The average molecular weight is 332 g/mol. The van der Waals surface area contributed by atoms with Gasteiger partial charge >= 0.3 is 5.97 Å². The van der Waals surface area contributed by atoms with E-state index in [9.17, 15) is 13.2 Å². The van der Waals surface area contributed by atoms with E-state index in [0.717, 1.165) is 24.4 Å². The van der Waals surface area contributed by atoms with Gasteiger partial charge in [-0.25, -0.2) is 8.42 Å². The van der Waals surface area contributed by atoms with E-state index in [1.54, 1.807) is 6.07 Å². The number of carbonyl (C=O) groups is 1. The molecule has 1 aromatic rings. The summed E-state index contributed by atoms with van der Waals surface area (Å²) in [6, 6.07) is 3.28. The molecule has 1 aliphatic heterocycles. The van der Waals surface area contributed by atoms with Crippen LogP contribution in [-0.4, -0.2) is 60.9 Å². The van der Waals surface area contributed by atoms with Crippen LogP contribution in [0.5, 0.6) is 0 Å². The summed E-state index contributed by atoms with van der Waals surface area (Å²) in [7, 11) is -3.51. The quantitative estimate of drug-likeness (QED) is 0.873. The average Bonchev–Trinajstić information content (AvgIpc) is 2.87. The number of carboxylic acids is 1. The molecule has 0 amide bonds. The van der Waals surface area contributed by atoms with Crippen molar-refractivity contribution in [3.63, 3.8) is 0 Å². The van der Waals surface area contributed by atoms with Crippen molar-refractivity contribution in [2.45, 2.75) is 30.5 Å². The van der Waals surface area contributed by atoms with Crippen LogP contribution in [0.3, 0.4) is 0 Å². The van der Waals surface area contributed by atoms with Gasteiger partial charge in [-0.2, -0.15) is 4.31 Å². The van der Waals surface area contributed by atoms with E-state index in [-0.39, 0.29) is 16.7 Å². The number of hydrogen-bond donors (Lipinski definition) is 1. The number of likely N-dealkylation sites (N-methyl/N-ethyl adjacent to an activating group) is 1. The van der Waals surface area contributed by atoms with Crippen LogP contribution in [0, 0.1) is 0 Å². The van der Waals surface area contributed by atoms with Crippen LogP contribution in [-0.2, 0) is 21.2 Å². The van der Waals surface area contributed by atoms with Gasteiger partial charge < -0.3 is 5.11 Å². The van der Waals surface area contributed by atoms with Crippen LogP contribution >= 0.6 is 11.3 Å². The van der Waals surface area contributed by atoms with Gasteiger partial charge in [0.1, 0.15) is 4.21 Å². The SMILES string of the molecule is CCN1CCN(S(=O)(=O)c2ccc(CC(=O)O)s2)CC1C. The summed E-state index contributed by atoms with van der Waals surface area (Å²) in [5.74, 6) is -0.953. The molecule has 1 unspecified atom stereocenters. The maximum absolute atomic E-state index is 12.6. The Bertz CT molecular complexity index is 611. The number of sulfonamides is 1. The van der Waals surface area contributed by atoms with Crippen LogP contribution in [0.2, 0.25) is 0 Å². The zero-order valence-electron chi connectivity index (χ0n) is 12.2. The fourth-order valence-corrected chi connectivity index (χ4v) is 5.53. The number of aliphatic carboxylic acids is 1. The van der Waals surface area contributed by atoms with E-state index in [1.165, 1.54) is 10.4 Å².